The molecule has 1 aliphatic heterocycles. The zero-order valence-electron chi connectivity index (χ0n) is 12.2. The van der Waals surface area contributed by atoms with Crippen LogP contribution in [0, 0.1) is 0 Å². The summed E-state index contributed by atoms with van der Waals surface area (Å²) in [6.45, 7) is 7.35. The molecule has 0 aromatic rings. The van der Waals surface area contributed by atoms with Crippen LogP contribution in [0.1, 0.15) is 6.92 Å². The lowest BCUT2D eigenvalue weighted by Gasteiger charge is -2.33. The van der Waals surface area contributed by atoms with Gasteiger partial charge in [0.05, 0.1) is 13.2 Å². The molecule has 3 N–H and O–H groups in total. The Labute approximate surface area is 123 Å². The zero-order valence-corrected chi connectivity index (χ0v) is 12.2. The van der Waals surface area contributed by atoms with E-state index in [-0.39, 0.29) is 19.1 Å². The Kier molecular flexibility index (Phi) is 7.41. The number of hydrogen-bond donors (Lipinski definition) is 3. The van der Waals surface area contributed by atoms with Gasteiger partial charge in [-0.1, -0.05) is 6.08 Å². The molecule has 1 heterocycles. The average molecular weight is 298 g/mol. The monoisotopic (exact) mass is 298 g/mol. The summed E-state index contributed by atoms with van der Waals surface area (Å²) in [5.41, 5.74) is 0. The van der Waals surface area contributed by atoms with Crippen molar-refractivity contribution in [1.29, 1.82) is 0 Å². The minimum Gasteiger partial charge on any atom is -0.465 e. The summed E-state index contributed by atoms with van der Waals surface area (Å²) >= 11 is 0. The van der Waals surface area contributed by atoms with Crippen LogP contribution in [0.4, 0.5) is 4.79 Å². The van der Waals surface area contributed by atoms with Gasteiger partial charge in [0, 0.05) is 26.2 Å². The normalized spacial score (nSPS) is 18.6. The number of rotatable bonds is 6. The van der Waals surface area contributed by atoms with E-state index in [1.165, 1.54) is 6.08 Å². The van der Waals surface area contributed by atoms with Crippen LogP contribution in [0.5, 0.6) is 0 Å². The van der Waals surface area contributed by atoms with Gasteiger partial charge in [0.25, 0.3) is 0 Å². The molecule has 21 heavy (non-hydrogen) atoms. The molecule has 8 heteroatoms. The molecule has 0 spiro atoms. The predicted molar refractivity (Wildman–Crippen MR) is 76.6 cm³/mol. The fourth-order valence-electron chi connectivity index (χ4n) is 1.97. The summed E-state index contributed by atoms with van der Waals surface area (Å²) in [4.78, 5) is 36.7. The fourth-order valence-corrected chi connectivity index (χ4v) is 1.97. The van der Waals surface area contributed by atoms with Gasteiger partial charge < -0.3 is 15.4 Å². The molecule has 1 fully saturated rings. The highest BCUT2D eigenvalue weighted by atomic mass is 16.5. The fraction of sp³-hybridized carbons (Fsp3) is 0.615. The van der Waals surface area contributed by atoms with Crippen LogP contribution in [0.25, 0.3) is 0 Å². The van der Waals surface area contributed by atoms with Crippen LogP contribution in [0.15, 0.2) is 12.7 Å². The number of amides is 3. The first-order chi connectivity index (χ1) is 10.1. The van der Waals surface area contributed by atoms with Crippen LogP contribution in [0.3, 0.4) is 0 Å². The largest absolute Gasteiger partial charge is 0.465 e. The quantitative estimate of drug-likeness (QED) is 0.422. The van der Waals surface area contributed by atoms with E-state index in [0.717, 1.165) is 0 Å². The molecule has 1 atom stereocenters. The number of carbonyl (C=O) groups is 3. The van der Waals surface area contributed by atoms with E-state index < -0.39 is 18.0 Å². The van der Waals surface area contributed by atoms with Gasteiger partial charge in [-0.3, -0.25) is 19.8 Å². The first-order valence-corrected chi connectivity index (χ1v) is 6.88. The molecule has 1 rings (SSSR count). The number of esters is 1. The molecule has 3 amide bonds. The van der Waals surface area contributed by atoms with E-state index >= 15 is 0 Å². The van der Waals surface area contributed by atoms with Crippen molar-refractivity contribution in [3.63, 3.8) is 0 Å². The molecule has 8 nitrogen and oxygen atoms in total. The second kappa shape index (κ2) is 9.09. The van der Waals surface area contributed by atoms with E-state index in [2.05, 4.69) is 22.5 Å². The van der Waals surface area contributed by atoms with E-state index in [9.17, 15) is 14.4 Å². The minimum absolute atomic E-state index is 0.0350. The van der Waals surface area contributed by atoms with Crippen LogP contribution < -0.4 is 16.0 Å². The summed E-state index contributed by atoms with van der Waals surface area (Å²) in [6, 6.07) is -1.09. The highest BCUT2D eigenvalue weighted by molar-refractivity contribution is 5.95. The molecule has 1 unspecified atom stereocenters. The van der Waals surface area contributed by atoms with Gasteiger partial charge in [0.2, 0.25) is 5.91 Å². The van der Waals surface area contributed by atoms with E-state index in [0.29, 0.717) is 26.2 Å². The first kappa shape index (κ1) is 17.1. The van der Waals surface area contributed by atoms with Crippen molar-refractivity contribution >= 4 is 17.9 Å². The lowest BCUT2D eigenvalue weighted by Crippen LogP contribution is -2.58. The maximum Gasteiger partial charge on any atom is 0.324 e. The van der Waals surface area contributed by atoms with Gasteiger partial charge in [-0.25, -0.2) is 4.79 Å². The Hall–Kier alpha value is -1.93. The van der Waals surface area contributed by atoms with E-state index in [1.807, 2.05) is 0 Å². The van der Waals surface area contributed by atoms with E-state index in [4.69, 9.17) is 4.74 Å². The van der Waals surface area contributed by atoms with Crippen molar-refractivity contribution in [2.75, 3.05) is 39.3 Å². The smallest absolute Gasteiger partial charge is 0.324 e. The number of urea groups is 1. The molecule has 1 aliphatic rings. The Balaban J connectivity index is 2.49. The van der Waals surface area contributed by atoms with Crippen molar-refractivity contribution in [3.05, 3.63) is 12.7 Å². The number of imide groups is 1. The SMILES string of the molecule is C=CCNC(=O)NC(=O)CN1CCNCC1C(=O)OCC. The molecule has 0 radical (unpaired) electrons. The summed E-state index contributed by atoms with van der Waals surface area (Å²) in [5, 5.41) is 7.73. The van der Waals surface area contributed by atoms with Crippen LogP contribution in [-0.4, -0.2) is 68.2 Å². The summed E-state index contributed by atoms with van der Waals surface area (Å²) in [7, 11) is 0. The van der Waals surface area contributed by atoms with Gasteiger partial charge in [-0.05, 0) is 6.92 Å². The van der Waals surface area contributed by atoms with Crippen molar-refractivity contribution in [3.8, 4) is 0 Å². The molecule has 0 aromatic heterocycles. The van der Waals surface area contributed by atoms with Crippen molar-refractivity contribution in [1.82, 2.24) is 20.9 Å². The van der Waals surface area contributed by atoms with Gasteiger partial charge in [0.15, 0.2) is 0 Å². The number of piperazine rings is 1. The Morgan fingerprint density at radius 1 is 1.48 bits per heavy atom. The summed E-state index contributed by atoms with van der Waals surface area (Å²) in [6.07, 6.45) is 1.51. The molecule has 118 valence electrons. The minimum atomic E-state index is -0.581. The van der Waals surface area contributed by atoms with Gasteiger partial charge >= 0.3 is 12.0 Å². The number of hydrogen-bond acceptors (Lipinski definition) is 6. The zero-order chi connectivity index (χ0) is 15.7. The summed E-state index contributed by atoms with van der Waals surface area (Å²) < 4.78 is 4.98. The van der Waals surface area contributed by atoms with Gasteiger partial charge in [-0.2, -0.15) is 0 Å². The molecule has 0 bridgehead atoms. The average Bonchev–Trinajstić information content (AvgIpc) is 2.45. The molecule has 0 saturated carbocycles. The maximum atomic E-state index is 11.8. The second-order valence-corrected chi connectivity index (χ2v) is 4.49. The predicted octanol–water partition coefficient (Wildman–Crippen LogP) is -1.16. The lowest BCUT2D eigenvalue weighted by molar-refractivity contribution is -0.150. The summed E-state index contributed by atoms with van der Waals surface area (Å²) in [5.74, 6) is -0.832. The second-order valence-electron chi connectivity index (χ2n) is 4.49. The third kappa shape index (κ3) is 5.92. The van der Waals surface area contributed by atoms with Crippen molar-refractivity contribution in [2.45, 2.75) is 13.0 Å². The van der Waals surface area contributed by atoms with E-state index in [1.54, 1.807) is 11.8 Å². The van der Waals surface area contributed by atoms with Gasteiger partial charge in [-0.15, -0.1) is 6.58 Å². The van der Waals surface area contributed by atoms with Gasteiger partial charge in [0.1, 0.15) is 6.04 Å². The third-order valence-corrected chi connectivity index (χ3v) is 2.92. The molecule has 0 aliphatic carbocycles. The van der Waals surface area contributed by atoms with Crippen LogP contribution >= 0.6 is 0 Å². The first-order valence-electron chi connectivity index (χ1n) is 6.88. The van der Waals surface area contributed by atoms with Crippen LogP contribution in [0.2, 0.25) is 0 Å². The number of carbonyl (C=O) groups excluding carboxylic acids is 3. The number of nitrogens with zero attached hydrogens (tertiary/aromatic N) is 1. The maximum absolute atomic E-state index is 11.8. The third-order valence-electron chi connectivity index (χ3n) is 2.92. The number of nitrogens with one attached hydrogen (secondary N) is 3. The standard InChI is InChI=1S/C13H22N4O4/c1-3-5-15-13(20)16-11(18)9-17-7-6-14-8-10(17)12(19)21-4-2/h3,10,14H,1,4-9H2,2H3,(H2,15,16,18,20). The number of ether oxygens (including phenoxy) is 1. The Morgan fingerprint density at radius 2 is 2.24 bits per heavy atom. The highest BCUT2D eigenvalue weighted by Gasteiger charge is 2.31. The Morgan fingerprint density at radius 3 is 2.90 bits per heavy atom. The molecular formula is C13H22N4O4. The van der Waals surface area contributed by atoms with Crippen molar-refractivity contribution < 1.29 is 19.1 Å². The van der Waals surface area contributed by atoms with Crippen molar-refractivity contribution in [2.24, 2.45) is 0 Å². The topological polar surface area (TPSA) is 99.8 Å². The Bertz CT molecular complexity index is 400. The molecular weight excluding hydrogens is 276 g/mol. The molecule has 1 saturated heterocycles. The molecule has 0 aromatic carbocycles. The lowest BCUT2D eigenvalue weighted by atomic mass is 10.2. The highest BCUT2D eigenvalue weighted by Crippen LogP contribution is 2.05. The van der Waals surface area contributed by atoms with Crippen LogP contribution in [-0.2, 0) is 14.3 Å².